The largest absolute Gasteiger partial charge is 0.416 e. The lowest BCUT2D eigenvalue weighted by Gasteiger charge is -2.46. The van der Waals surface area contributed by atoms with Gasteiger partial charge in [-0.1, -0.05) is 12.1 Å². The van der Waals surface area contributed by atoms with Gasteiger partial charge in [-0.3, -0.25) is 4.79 Å². The van der Waals surface area contributed by atoms with E-state index in [2.05, 4.69) is 15.5 Å². The lowest BCUT2D eigenvalue weighted by Crippen LogP contribution is -2.54. The fourth-order valence-electron chi connectivity index (χ4n) is 6.59. The number of aliphatic hydroxyl groups excluding tert-OH is 1. The molecule has 2 N–H and O–H groups in total. The molecule has 0 spiro atoms. The number of nitrogens with zero attached hydrogens (tertiary/aromatic N) is 4. The number of aliphatic hydroxyl groups is 1. The van der Waals surface area contributed by atoms with Crippen LogP contribution >= 0.6 is 0 Å². The Kier molecular flexibility index (Phi) is 6.32. The number of anilines is 1. The molecule has 40 heavy (non-hydrogen) atoms. The molecule has 3 aliphatic rings. The first-order chi connectivity index (χ1) is 18.9. The third-order valence-electron chi connectivity index (χ3n) is 8.83. The van der Waals surface area contributed by atoms with E-state index in [1.54, 1.807) is 25.6 Å². The lowest BCUT2D eigenvalue weighted by atomic mass is 9.62. The minimum atomic E-state index is -4.61. The Balaban J connectivity index is 1.32. The number of fused-ring (bicyclic) bond motifs is 1. The van der Waals surface area contributed by atoms with E-state index in [1.165, 1.54) is 4.90 Å². The van der Waals surface area contributed by atoms with Crippen LogP contribution < -0.4 is 10.2 Å². The van der Waals surface area contributed by atoms with Gasteiger partial charge < -0.3 is 24.6 Å². The molecule has 0 saturated heterocycles. The van der Waals surface area contributed by atoms with Crippen molar-refractivity contribution in [2.75, 3.05) is 12.0 Å². The summed E-state index contributed by atoms with van der Waals surface area (Å²) in [6, 6.07) is 10.1. The Morgan fingerprint density at radius 3 is 2.55 bits per heavy atom. The summed E-state index contributed by atoms with van der Waals surface area (Å²) in [4.78, 5) is 15.0. The van der Waals surface area contributed by atoms with Gasteiger partial charge in [-0.25, -0.2) is 0 Å². The van der Waals surface area contributed by atoms with Gasteiger partial charge in [0.25, 0.3) is 5.91 Å². The maximum Gasteiger partial charge on any atom is 0.416 e. The number of alkyl halides is 3. The van der Waals surface area contributed by atoms with Crippen LogP contribution in [0, 0.1) is 0 Å². The number of hydrogen-bond acceptors (Lipinski definition) is 6. The highest BCUT2D eigenvalue weighted by atomic mass is 19.4. The van der Waals surface area contributed by atoms with Crippen molar-refractivity contribution >= 4 is 11.6 Å². The first-order valence-corrected chi connectivity index (χ1v) is 13.4. The number of halogens is 3. The summed E-state index contributed by atoms with van der Waals surface area (Å²) in [7, 11) is 3.54. The van der Waals surface area contributed by atoms with Gasteiger partial charge in [0.1, 0.15) is 12.2 Å². The minimum Gasteiger partial charge on any atom is -0.393 e. The molecule has 0 atom stereocenters. The number of ether oxygens (including phenoxy) is 1. The predicted molar refractivity (Wildman–Crippen MR) is 141 cm³/mol. The van der Waals surface area contributed by atoms with Crippen LogP contribution in [0.5, 0.6) is 0 Å². The van der Waals surface area contributed by atoms with E-state index in [1.807, 2.05) is 36.7 Å². The molecule has 2 heterocycles. The fraction of sp³-hybridized carbons (Fsp3) is 0.483. The molecule has 6 rings (SSSR count). The zero-order valence-corrected chi connectivity index (χ0v) is 22.6. The molecule has 0 unspecified atom stereocenters. The SMILES string of the molecule is CO[C@H]1C[C@](c2cccc(N3Cc4c(cc(CN[C@]5(C)C[C@H](O)C5)cc4C(F)(F)F)C3=O)c2)(c2nncn2C)C1. The summed E-state index contributed by atoms with van der Waals surface area (Å²) in [5.41, 5.74) is 0.294. The van der Waals surface area contributed by atoms with Crippen molar-refractivity contribution < 1.29 is 27.8 Å². The molecule has 2 saturated carbocycles. The molecule has 212 valence electrons. The van der Waals surface area contributed by atoms with Crippen LogP contribution in [0.3, 0.4) is 0 Å². The summed E-state index contributed by atoms with van der Waals surface area (Å²) >= 11 is 0. The maximum absolute atomic E-state index is 14.2. The molecule has 11 heteroatoms. The molecule has 2 fully saturated rings. The number of aryl methyl sites for hydroxylation is 1. The third-order valence-corrected chi connectivity index (χ3v) is 8.83. The van der Waals surface area contributed by atoms with Crippen LogP contribution in [0.2, 0.25) is 0 Å². The molecule has 2 aromatic carbocycles. The van der Waals surface area contributed by atoms with Crippen LogP contribution in [-0.4, -0.2) is 50.6 Å². The number of methoxy groups -OCH3 is 1. The van der Waals surface area contributed by atoms with E-state index in [-0.39, 0.29) is 35.9 Å². The third kappa shape index (κ3) is 4.40. The number of carbonyl (C=O) groups is 1. The lowest BCUT2D eigenvalue weighted by molar-refractivity contribution is -0.138. The van der Waals surface area contributed by atoms with E-state index in [0.717, 1.165) is 17.5 Å². The molecule has 1 amide bonds. The van der Waals surface area contributed by atoms with Crippen molar-refractivity contribution in [3.05, 3.63) is 76.4 Å². The van der Waals surface area contributed by atoms with Crippen molar-refractivity contribution in [1.29, 1.82) is 0 Å². The Morgan fingerprint density at radius 2 is 1.93 bits per heavy atom. The molecular formula is C29H32F3N5O3. The van der Waals surface area contributed by atoms with Crippen LogP contribution in [0.25, 0.3) is 0 Å². The first-order valence-electron chi connectivity index (χ1n) is 13.4. The number of aromatic nitrogens is 3. The smallest absolute Gasteiger partial charge is 0.393 e. The molecular weight excluding hydrogens is 523 g/mol. The summed E-state index contributed by atoms with van der Waals surface area (Å²) in [6.07, 6.45) is -0.892. The van der Waals surface area contributed by atoms with Crippen molar-refractivity contribution in [2.45, 2.75) is 75.0 Å². The highest BCUT2D eigenvalue weighted by Gasteiger charge is 2.50. The Morgan fingerprint density at radius 1 is 1.18 bits per heavy atom. The normalized spacial score (nSPS) is 27.9. The molecule has 1 aliphatic heterocycles. The molecule has 3 aromatic rings. The van der Waals surface area contributed by atoms with Crippen molar-refractivity contribution in [3.63, 3.8) is 0 Å². The number of benzene rings is 2. The molecule has 1 aromatic heterocycles. The monoisotopic (exact) mass is 555 g/mol. The predicted octanol–water partition coefficient (Wildman–Crippen LogP) is 4.09. The van der Waals surface area contributed by atoms with Crippen LogP contribution in [0.15, 0.2) is 42.7 Å². The second-order valence-corrected chi connectivity index (χ2v) is 11.7. The quantitative estimate of drug-likeness (QED) is 0.456. The van der Waals surface area contributed by atoms with Crippen LogP contribution in [0.4, 0.5) is 18.9 Å². The maximum atomic E-state index is 14.2. The van der Waals surface area contributed by atoms with Crippen molar-refractivity contribution in [2.24, 2.45) is 7.05 Å². The van der Waals surface area contributed by atoms with Gasteiger partial charge in [-0.15, -0.1) is 10.2 Å². The highest BCUT2D eigenvalue weighted by Crippen LogP contribution is 2.50. The number of carbonyl (C=O) groups excluding carboxylic acids is 1. The van der Waals surface area contributed by atoms with E-state index in [0.29, 0.717) is 36.9 Å². The standard InChI is InChI=1S/C29H32F3N5O3/c1-27(10-20(38)11-27)33-14-17-7-22-23(24(8-17)29(30,31)32)15-37(25(22)39)19-6-4-5-18(9-19)28(12-21(13-28)40-3)26-35-34-16-36(26)2/h4-9,16,20-21,33,38H,10-15H2,1-3H3/t20-,21-,27+,28-. The summed E-state index contributed by atoms with van der Waals surface area (Å²) in [5, 5.41) is 21.3. The van der Waals surface area contributed by atoms with E-state index in [9.17, 15) is 23.1 Å². The molecule has 0 radical (unpaired) electrons. The molecule has 0 bridgehead atoms. The van der Waals surface area contributed by atoms with E-state index in [4.69, 9.17) is 4.74 Å². The Hall–Kier alpha value is -3.28. The van der Waals surface area contributed by atoms with Gasteiger partial charge in [0.05, 0.1) is 29.7 Å². The van der Waals surface area contributed by atoms with E-state index >= 15 is 0 Å². The van der Waals surface area contributed by atoms with Crippen molar-refractivity contribution in [1.82, 2.24) is 20.1 Å². The van der Waals surface area contributed by atoms with E-state index < -0.39 is 29.2 Å². The Labute approximate surface area is 230 Å². The summed E-state index contributed by atoms with van der Waals surface area (Å²) in [5.74, 6) is 0.319. The van der Waals surface area contributed by atoms with Gasteiger partial charge in [0.15, 0.2) is 0 Å². The zero-order valence-electron chi connectivity index (χ0n) is 22.6. The topological polar surface area (TPSA) is 92.5 Å². The van der Waals surface area contributed by atoms with Gasteiger partial charge in [-0.05, 0) is 73.6 Å². The second kappa shape index (κ2) is 9.39. The van der Waals surface area contributed by atoms with Gasteiger partial charge >= 0.3 is 6.18 Å². The summed E-state index contributed by atoms with van der Waals surface area (Å²) in [6.45, 7) is 1.94. The van der Waals surface area contributed by atoms with Crippen LogP contribution in [-0.2, 0) is 36.5 Å². The highest BCUT2D eigenvalue weighted by molar-refractivity contribution is 6.10. The second-order valence-electron chi connectivity index (χ2n) is 11.7. The molecule has 8 nitrogen and oxygen atoms in total. The zero-order chi connectivity index (χ0) is 28.4. The number of rotatable bonds is 7. The molecule has 2 aliphatic carbocycles. The average Bonchev–Trinajstić information content (AvgIpc) is 3.44. The summed E-state index contributed by atoms with van der Waals surface area (Å²) < 4.78 is 50.1. The van der Waals surface area contributed by atoms with Gasteiger partial charge in [-0.2, -0.15) is 13.2 Å². The number of nitrogens with one attached hydrogen (secondary N) is 1. The fourth-order valence-corrected chi connectivity index (χ4v) is 6.59. The Bertz CT molecular complexity index is 1460. The average molecular weight is 556 g/mol. The van der Waals surface area contributed by atoms with Gasteiger partial charge in [0.2, 0.25) is 0 Å². The number of amides is 1. The minimum absolute atomic E-state index is 0.0111. The van der Waals surface area contributed by atoms with Crippen molar-refractivity contribution in [3.8, 4) is 0 Å². The first kappa shape index (κ1) is 26.9. The van der Waals surface area contributed by atoms with Gasteiger partial charge in [0, 0.05) is 37.5 Å². The van der Waals surface area contributed by atoms with Crippen LogP contribution in [0.1, 0.15) is 71.0 Å². The number of hydrogen-bond donors (Lipinski definition) is 2.